The Morgan fingerprint density at radius 3 is 3.05 bits per heavy atom. The largest absolute Gasteiger partial charge is 0.361 e. The van der Waals surface area contributed by atoms with E-state index in [1.54, 1.807) is 17.8 Å². The lowest BCUT2D eigenvalue weighted by molar-refractivity contribution is -0.123. The minimum Gasteiger partial charge on any atom is -0.361 e. The van der Waals surface area contributed by atoms with Gasteiger partial charge in [-0.25, -0.2) is 4.39 Å². The van der Waals surface area contributed by atoms with Gasteiger partial charge in [0, 0.05) is 35.3 Å². The van der Waals surface area contributed by atoms with Gasteiger partial charge < -0.3 is 10.3 Å². The van der Waals surface area contributed by atoms with E-state index in [1.165, 1.54) is 12.1 Å². The van der Waals surface area contributed by atoms with Crippen LogP contribution in [0.5, 0.6) is 0 Å². The second-order valence-electron chi connectivity index (χ2n) is 4.90. The van der Waals surface area contributed by atoms with E-state index in [-0.39, 0.29) is 17.6 Å². The van der Waals surface area contributed by atoms with E-state index in [0.29, 0.717) is 13.0 Å². The number of aromatic nitrogens is 1. The van der Waals surface area contributed by atoms with Gasteiger partial charge in [0.2, 0.25) is 5.91 Å². The van der Waals surface area contributed by atoms with Crippen LogP contribution in [0.2, 0.25) is 0 Å². The minimum absolute atomic E-state index is 0.0189. The van der Waals surface area contributed by atoms with E-state index in [9.17, 15) is 9.18 Å². The van der Waals surface area contributed by atoms with E-state index in [4.69, 9.17) is 0 Å². The van der Waals surface area contributed by atoms with Crippen molar-refractivity contribution in [2.24, 2.45) is 5.92 Å². The van der Waals surface area contributed by atoms with Crippen LogP contribution in [0.25, 0.3) is 10.9 Å². The van der Waals surface area contributed by atoms with Gasteiger partial charge >= 0.3 is 0 Å². The number of benzene rings is 1. The number of H-pyrrole nitrogens is 1. The van der Waals surface area contributed by atoms with Crippen LogP contribution in [-0.4, -0.2) is 29.4 Å². The average Bonchev–Trinajstić information content (AvgIpc) is 2.81. The minimum atomic E-state index is -0.240. The summed E-state index contributed by atoms with van der Waals surface area (Å²) < 4.78 is 13.2. The molecule has 2 N–H and O–H groups in total. The van der Waals surface area contributed by atoms with Crippen molar-refractivity contribution in [3.8, 4) is 0 Å². The first-order valence-corrected chi connectivity index (χ1v) is 8.03. The highest BCUT2D eigenvalue weighted by molar-refractivity contribution is 7.98. The van der Waals surface area contributed by atoms with Crippen LogP contribution in [0, 0.1) is 11.7 Å². The highest BCUT2D eigenvalue weighted by Gasteiger charge is 2.11. The Balaban J connectivity index is 1.93. The Labute approximate surface area is 122 Å². The molecule has 0 bridgehead atoms. The van der Waals surface area contributed by atoms with E-state index in [0.717, 1.165) is 22.2 Å². The van der Waals surface area contributed by atoms with Crippen LogP contribution in [0.4, 0.5) is 4.39 Å². The van der Waals surface area contributed by atoms with Crippen molar-refractivity contribution in [1.82, 2.24) is 10.3 Å². The number of hydrogen-bond acceptors (Lipinski definition) is 2. The highest BCUT2D eigenvalue weighted by Crippen LogP contribution is 2.19. The van der Waals surface area contributed by atoms with Crippen LogP contribution in [-0.2, 0) is 11.2 Å². The fourth-order valence-corrected chi connectivity index (χ4v) is 2.83. The second kappa shape index (κ2) is 6.79. The van der Waals surface area contributed by atoms with Gasteiger partial charge in [-0.1, -0.05) is 6.92 Å². The number of hydrogen-bond donors (Lipinski definition) is 2. The Bertz CT molecular complexity index is 597. The number of rotatable bonds is 6. The van der Waals surface area contributed by atoms with Gasteiger partial charge in [0.25, 0.3) is 0 Å². The zero-order valence-corrected chi connectivity index (χ0v) is 12.5. The quantitative estimate of drug-likeness (QED) is 0.860. The Morgan fingerprint density at radius 2 is 2.30 bits per heavy atom. The van der Waals surface area contributed by atoms with Crippen LogP contribution >= 0.6 is 11.8 Å². The number of carbonyl (C=O) groups is 1. The van der Waals surface area contributed by atoms with Crippen LogP contribution in [0.3, 0.4) is 0 Å². The number of halogens is 1. The number of nitrogens with one attached hydrogen (secondary N) is 2. The lowest BCUT2D eigenvalue weighted by atomic mass is 10.1. The summed E-state index contributed by atoms with van der Waals surface area (Å²) in [6.07, 6.45) is 4.56. The molecule has 0 aliphatic heterocycles. The molecule has 5 heteroatoms. The summed E-state index contributed by atoms with van der Waals surface area (Å²) in [5, 5.41) is 3.81. The molecule has 0 saturated heterocycles. The number of amides is 1. The van der Waals surface area contributed by atoms with Crippen molar-refractivity contribution in [3.05, 3.63) is 35.8 Å². The fourth-order valence-electron chi connectivity index (χ4n) is 2.18. The molecule has 0 aliphatic rings. The molecule has 1 heterocycles. The van der Waals surface area contributed by atoms with Gasteiger partial charge in [0.15, 0.2) is 0 Å². The molecule has 20 heavy (non-hydrogen) atoms. The van der Waals surface area contributed by atoms with Gasteiger partial charge in [-0.2, -0.15) is 11.8 Å². The molecule has 1 aromatic heterocycles. The molecular weight excluding hydrogens is 275 g/mol. The first kappa shape index (κ1) is 14.9. The zero-order chi connectivity index (χ0) is 14.5. The number of carbonyl (C=O) groups excluding carboxylic acids is 1. The van der Waals surface area contributed by atoms with Crippen molar-refractivity contribution in [2.75, 3.05) is 18.6 Å². The monoisotopic (exact) mass is 294 g/mol. The van der Waals surface area contributed by atoms with E-state index in [2.05, 4.69) is 10.3 Å². The predicted molar refractivity (Wildman–Crippen MR) is 82.5 cm³/mol. The molecule has 2 aromatic rings. The topological polar surface area (TPSA) is 44.9 Å². The molecule has 0 saturated carbocycles. The predicted octanol–water partition coefficient (Wildman–Crippen LogP) is 2.96. The molecule has 0 unspecified atom stereocenters. The standard InChI is InChI=1S/C15H19FN2OS/c1-10(9-20-2)15(19)17-6-5-11-8-18-14-4-3-12(16)7-13(11)14/h3-4,7-8,10,18H,5-6,9H2,1-2H3,(H,17,19)/t10-/m0/s1. The summed E-state index contributed by atoms with van der Waals surface area (Å²) in [5.41, 5.74) is 1.95. The number of aromatic amines is 1. The summed E-state index contributed by atoms with van der Waals surface area (Å²) in [6.45, 7) is 2.49. The maximum Gasteiger partial charge on any atom is 0.223 e. The lowest BCUT2D eigenvalue weighted by Gasteiger charge is -2.10. The van der Waals surface area contributed by atoms with E-state index >= 15 is 0 Å². The van der Waals surface area contributed by atoms with Crippen molar-refractivity contribution in [1.29, 1.82) is 0 Å². The van der Waals surface area contributed by atoms with Crippen LogP contribution in [0.15, 0.2) is 24.4 Å². The maximum absolute atomic E-state index is 13.2. The molecule has 108 valence electrons. The number of thioether (sulfide) groups is 1. The Hall–Kier alpha value is -1.49. The lowest BCUT2D eigenvalue weighted by Crippen LogP contribution is -2.31. The van der Waals surface area contributed by atoms with Crippen molar-refractivity contribution in [2.45, 2.75) is 13.3 Å². The van der Waals surface area contributed by atoms with Gasteiger partial charge in [0.1, 0.15) is 5.82 Å². The zero-order valence-electron chi connectivity index (χ0n) is 11.7. The van der Waals surface area contributed by atoms with Crippen molar-refractivity contribution < 1.29 is 9.18 Å². The highest BCUT2D eigenvalue weighted by atomic mass is 32.2. The molecule has 1 amide bonds. The SMILES string of the molecule is CSC[C@H](C)C(=O)NCCc1c[nH]c2ccc(F)cc12. The van der Waals surface area contributed by atoms with Gasteiger partial charge in [-0.3, -0.25) is 4.79 Å². The third-order valence-corrected chi connectivity index (χ3v) is 4.12. The summed E-state index contributed by atoms with van der Waals surface area (Å²) in [7, 11) is 0. The molecule has 0 radical (unpaired) electrons. The smallest absolute Gasteiger partial charge is 0.223 e. The molecule has 0 fully saturated rings. The summed E-state index contributed by atoms with van der Waals surface area (Å²) >= 11 is 1.67. The van der Waals surface area contributed by atoms with Gasteiger partial charge in [-0.05, 0) is 36.4 Å². The molecule has 1 aromatic carbocycles. The normalized spacial score (nSPS) is 12.6. The third kappa shape index (κ3) is 3.54. The summed E-state index contributed by atoms with van der Waals surface area (Å²) in [5.74, 6) is 0.677. The maximum atomic E-state index is 13.2. The molecule has 0 spiro atoms. The molecule has 3 nitrogen and oxygen atoms in total. The second-order valence-corrected chi connectivity index (χ2v) is 5.81. The molecular formula is C15H19FN2OS. The summed E-state index contributed by atoms with van der Waals surface area (Å²) in [4.78, 5) is 14.9. The van der Waals surface area contributed by atoms with Gasteiger partial charge in [0.05, 0.1) is 0 Å². The number of fused-ring (bicyclic) bond motifs is 1. The van der Waals surface area contributed by atoms with Crippen LogP contribution < -0.4 is 5.32 Å². The van der Waals surface area contributed by atoms with Crippen molar-refractivity contribution >= 4 is 28.6 Å². The van der Waals surface area contributed by atoms with Gasteiger partial charge in [-0.15, -0.1) is 0 Å². The summed E-state index contributed by atoms with van der Waals surface area (Å²) in [6, 6.07) is 4.70. The molecule has 2 rings (SSSR count). The van der Waals surface area contributed by atoms with E-state index < -0.39 is 0 Å². The third-order valence-electron chi connectivity index (χ3n) is 3.29. The van der Waals surface area contributed by atoms with Crippen LogP contribution in [0.1, 0.15) is 12.5 Å². The van der Waals surface area contributed by atoms with Crippen molar-refractivity contribution in [3.63, 3.8) is 0 Å². The average molecular weight is 294 g/mol. The fraction of sp³-hybridized carbons (Fsp3) is 0.400. The first-order valence-electron chi connectivity index (χ1n) is 6.64. The molecule has 0 aliphatic carbocycles. The molecule has 1 atom stereocenters. The first-order chi connectivity index (χ1) is 9.61. The Morgan fingerprint density at radius 1 is 1.50 bits per heavy atom. The van der Waals surface area contributed by atoms with E-state index in [1.807, 2.05) is 19.4 Å². The Kier molecular flexibility index (Phi) is 5.06.